The van der Waals surface area contributed by atoms with Gasteiger partial charge in [-0.15, -0.1) is 0 Å². The summed E-state index contributed by atoms with van der Waals surface area (Å²) in [5, 5.41) is 2.83. The first kappa shape index (κ1) is 13.4. The van der Waals surface area contributed by atoms with Crippen molar-refractivity contribution in [1.29, 1.82) is 0 Å². The van der Waals surface area contributed by atoms with Gasteiger partial charge in [-0.3, -0.25) is 9.78 Å². The van der Waals surface area contributed by atoms with Crippen LogP contribution in [0.4, 0.5) is 5.69 Å². The maximum atomic E-state index is 12.1. The minimum atomic E-state index is -0.629. The van der Waals surface area contributed by atoms with Crippen LogP contribution >= 0.6 is 0 Å². The van der Waals surface area contributed by atoms with Crippen molar-refractivity contribution in [2.24, 2.45) is 0 Å². The monoisotopic (exact) mass is 284 g/mol. The smallest absolute Gasteiger partial charge is 0.255 e. The SMILES string of the molecule is CC[C@]1(C)Oc2ccc(NC(=O)c3ccncc3)cc2O1. The third kappa shape index (κ3) is 2.67. The van der Waals surface area contributed by atoms with Crippen LogP contribution in [-0.2, 0) is 0 Å². The molecule has 1 amide bonds. The van der Waals surface area contributed by atoms with Crippen LogP contribution in [-0.4, -0.2) is 16.7 Å². The zero-order valence-electron chi connectivity index (χ0n) is 11.9. The summed E-state index contributed by atoms with van der Waals surface area (Å²) in [6.07, 6.45) is 3.91. The Morgan fingerprint density at radius 2 is 1.90 bits per heavy atom. The van der Waals surface area contributed by atoms with Gasteiger partial charge >= 0.3 is 0 Å². The summed E-state index contributed by atoms with van der Waals surface area (Å²) in [6.45, 7) is 3.89. The number of benzene rings is 1. The number of hydrogen-bond acceptors (Lipinski definition) is 4. The number of hydrogen-bond donors (Lipinski definition) is 1. The van der Waals surface area contributed by atoms with Gasteiger partial charge in [-0.05, 0) is 24.3 Å². The summed E-state index contributed by atoms with van der Waals surface area (Å²) in [6, 6.07) is 8.70. The van der Waals surface area contributed by atoms with Crippen LogP contribution in [0.5, 0.6) is 11.5 Å². The van der Waals surface area contributed by atoms with Crippen molar-refractivity contribution in [3.8, 4) is 11.5 Å². The molecule has 0 aliphatic carbocycles. The zero-order valence-corrected chi connectivity index (χ0v) is 11.9. The number of ether oxygens (including phenoxy) is 2. The Labute approximate surface area is 122 Å². The molecule has 1 aromatic heterocycles. The molecule has 1 N–H and O–H groups in total. The molecule has 1 aliphatic rings. The molecular weight excluding hydrogens is 268 g/mol. The highest BCUT2D eigenvalue weighted by molar-refractivity contribution is 6.04. The fourth-order valence-electron chi connectivity index (χ4n) is 2.09. The Bertz CT molecular complexity index is 672. The lowest BCUT2D eigenvalue weighted by Crippen LogP contribution is -2.33. The number of fused-ring (bicyclic) bond motifs is 1. The number of amides is 1. The lowest BCUT2D eigenvalue weighted by atomic mass is 10.2. The van der Waals surface area contributed by atoms with Crippen molar-refractivity contribution in [3.63, 3.8) is 0 Å². The number of nitrogens with zero attached hydrogens (tertiary/aromatic N) is 1. The molecule has 0 spiro atoms. The number of anilines is 1. The molecule has 21 heavy (non-hydrogen) atoms. The zero-order chi connectivity index (χ0) is 14.9. The average molecular weight is 284 g/mol. The van der Waals surface area contributed by atoms with Gasteiger partial charge in [0.1, 0.15) is 0 Å². The summed E-state index contributed by atoms with van der Waals surface area (Å²) in [7, 11) is 0. The Balaban J connectivity index is 1.78. The van der Waals surface area contributed by atoms with Crippen molar-refractivity contribution in [1.82, 2.24) is 4.98 Å². The van der Waals surface area contributed by atoms with Crippen molar-refractivity contribution in [2.75, 3.05) is 5.32 Å². The minimum Gasteiger partial charge on any atom is -0.449 e. The van der Waals surface area contributed by atoms with Crippen molar-refractivity contribution in [2.45, 2.75) is 26.1 Å². The molecule has 0 fully saturated rings. The Morgan fingerprint density at radius 1 is 1.19 bits per heavy atom. The topological polar surface area (TPSA) is 60.5 Å². The summed E-state index contributed by atoms with van der Waals surface area (Å²) in [4.78, 5) is 16.0. The Kier molecular flexibility index (Phi) is 3.25. The van der Waals surface area contributed by atoms with Crippen molar-refractivity contribution in [3.05, 3.63) is 48.3 Å². The highest BCUT2D eigenvalue weighted by Gasteiger charge is 2.34. The number of carbonyl (C=O) groups excluding carboxylic acids is 1. The first-order valence-corrected chi connectivity index (χ1v) is 6.83. The highest BCUT2D eigenvalue weighted by Crippen LogP contribution is 2.42. The standard InChI is InChI=1S/C16H16N2O3/c1-3-16(2)20-13-5-4-12(10-14(13)21-16)18-15(19)11-6-8-17-9-7-11/h4-10H,3H2,1-2H3,(H,18,19)/t16-/m1/s1. The van der Waals surface area contributed by atoms with E-state index >= 15 is 0 Å². The van der Waals surface area contributed by atoms with Gasteiger partial charge < -0.3 is 14.8 Å². The first-order chi connectivity index (χ1) is 10.1. The third-order valence-electron chi connectivity index (χ3n) is 3.44. The van der Waals surface area contributed by atoms with Crippen LogP contribution < -0.4 is 14.8 Å². The number of rotatable bonds is 3. The van der Waals surface area contributed by atoms with E-state index in [9.17, 15) is 4.79 Å². The number of pyridine rings is 1. The van der Waals surface area contributed by atoms with Gasteiger partial charge in [0.15, 0.2) is 11.5 Å². The van der Waals surface area contributed by atoms with Crippen LogP contribution in [0.1, 0.15) is 30.6 Å². The maximum absolute atomic E-state index is 12.1. The number of carbonyl (C=O) groups is 1. The maximum Gasteiger partial charge on any atom is 0.255 e. The summed E-state index contributed by atoms with van der Waals surface area (Å²) >= 11 is 0. The molecule has 0 saturated heterocycles. The molecule has 5 heteroatoms. The lowest BCUT2D eigenvalue weighted by Gasteiger charge is -2.20. The fourth-order valence-corrected chi connectivity index (χ4v) is 2.09. The van der Waals surface area contributed by atoms with Crippen LogP contribution in [0, 0.1) is 0 Å². The number of aromatic nitrogens is 1. The summed E-state index contributed by atoms with van der Waals surface area (Å²) in [5.74, 6) is 0.526. The van der Waals surface area contributed by atoms with Gasteiger partial charge in [0.05, 0.1) is 0 Å². The third-order valence-corrected chi connectivity index (χ3v) is 3.44. The molecule has 2 aromatic rings. The van der Waals surface area contributed by atoms with E-state index in [4.69, 9.17) is 9.47 Å². The van der Waals surface area contributed by atoms with E-state index in [0.717, 1.165) is 6.42 Å². The summed E-state index contributed by atoms with van der Waals surface area (Å²) in [5.41, 5.74) is 1.22. The molecule has 5 nitrogen and oxygen atoms in total. The van der Waals surface area contributed by atoms with Gasteiger partial charge in [0, 0.05) is 43.1 Å². The van der Waals surface area contributed by atoms with E-state index in [-0.39, 0.29) is 5.91 Å². The van der Waals surface area contributed by atoms with E-state index < -0.39 is 5.79 Å². The predicted molar refractivity (Wildman–Crippen MR) is 78.6 cm³/mol. The van der Waals surface area contributed by atoms with Crippen LogP contribution in [0.2, 0.25) is 0 Å². The molecule has 3 rings (SSSR count). The quantitative estimate of drug-likeness (QED) is 0.940. The van der Waals surface area contributed by atoms with Gasteiger partial charge in [-0.1, -0.05) is 6.92 Å². The first-order valence-electron chi connectivity index (χ1n) is 6.83. The van der Waals surface area contributed by atoms with E-state index in [0.29, 0.717) is 22.7 Å². The van der Waals surface area contributed by atoms with Gasteiger partial charge in [0.25, 0.3) is 5.91 Å². The van der Waals surface area contributed by atoms with Crippen LogP contribution in [0.3, 0.4) is 0 Å². The molecule has 0 unspecified atom stereocenters. The molecular formula is C16H16N2O3. The average Bonchev–Trinajstić information content (AvgIpc) is 2.84. The molecule has 0 saturated carbocycles. The second kappa shape index (κ2) is 5.09. The molecule has 108 valence electrons. The predicted octanol–water partition coefficient (Wildman–Crippen LogP) is 3.23. The Morgan fingerprint density at radius 3 is 2.62 bits per heavy atom. The van der Waals surface area contributed by atoms with Crippen molar-refractivity contribution < 1.29 is 14.3 Å². The molecule has 2 heterocycles. The Hall–Kier alpha value is -2.56. The molecule has 0 bridgehead atoms. The number of nitrogens with one attached hydrogen (secondary N) is 1. The van der Waals surface area contributed by atoms with Gasteiger partial charge in [-0.25, -0.2) is 0 Å². The summed E-state index contributed by atoms with van der Waals surface area (Å²) < 4.78 is 11.5. The van der Waals surface area contributed by atoms with Gasteiger partial charge in [0.2, 0.25) is 5.79 Å². The largest absolute Gasteiger partial charge is 0.449 e. The second-order valence-corrected chi connectivity index (χ2v) is 5.04. The van der Waals surface area contributed by atoms with Gasteiger partial charge in [-0.2, -0.15) is 0 Å². The van der Waals surface area contributed by atoms with E-state index in [1.54, 1.807) is 42.7 Å². The van der Waals surface area contributed by atoms with E-state index in [1.165, 1.54) is 0 Å². The molecule has 1 aromatic carbocycles. The molecule has 0 radical (unpaired) electrons. The fraction of sp³-hybridized carbons (Fsp3) is 0.250. The second-order valence-electron chi connectivity index (χ2n) is 5.04. The molecule has 1 atom stereocenters. The van der Waals surface area contributed by atoms with E-state index in [1.807, 2.05) is 13.8 Å². The van der Waals surface area contributed by atoms with Crippen LogP contribution in [0.15, 0.2) is 42.7 Å². The van der Waals surface area contributed by atoms with Crippen molar-refractivity contribution >= 4 is 11.6 Å². The minimum absolute atomic E-state index is 0.186. The molecule has 1 aliphatic heterocycles. The van der Waals surface area contributed by atoms with Crippen LogP contribution in [0.25, 0.3) is 0 Å². The van der Waals surface area contributed by atoms with E-state index in [2.05, 4.69) is 10.3 Å². The normalized spacial score (nSPS) is 19.3. The lowest BCUT2D eigenvalue weighted by molar-refractivity contribution is -0.0640. The highest BCUT2D eigenvalue weighted by atomic mass is 16.7.